The van der Waals surface area contributed by atoms with Gasteiger partial charge in [-0.3, -0.25) is 0 Å². The minimum absolute atomic E-state index is 0.273. The molecule has 0 radical (unpaired) electrons. The molecule has 5 nitrogen and oxygen atoms in total. The van der Waals surface area contributed by atoms with E-state index in [4.69, 9.17) is 5.73 Å². The van der Waals surface area contributed by atoms with Crippen LogP contribution in [0, 0.1) is 0 Å². The fourth-order valence-corrected chi connectivity index (χ4v) is 2.12. The Kier molecular flexibility index (Phi) is 3.62. The Morgan fingerprint density at radius 3 is 2.73 bits per heavy atom. The van der Waals surface area contributed by atoms with Crippen molar-refractivity contribution in [2.45, 2.75) is 25.1 Å². The average molecular weight is 229 g/mol. The second-order valence-electron chi connectivity index (χ2n) is 3.44. The van der Waals surface area contributed by atoms with Gasteiger partial charge in [0.2, 0.25) is 0 Å². The van der Waals surface area contributed by atoms with Gasteiger partial charge in [-0.25, -0.2) is 14.5 Å². The van der Waals surface area contributed by atoms with Crippen LogP contribution < -0.4 is 11.1 Å². The SMILES string of the molecule is CCN(C(N)=O)C(=O)NC1(C)CC=CS1. The Labute approximate surface area is 93.1 Å². The van der Waals surface area contributed by atoms with E-state index in [0.717, 1.165) is 11.3 Å². The highest BCUT2D eigenvalue weighted by Crippen LogP contribution is 2.33. The summed E-state index contributed by atoms with van der Waals surface area (Å²) in [6, 6.07) is -1.17. The molecule has 6 heteroatoms. The van der Waals surface area contributed by atoms with Crippen LogP contribution in [0.2, 0.25) is 0 Å². The zero-order valence-corrected chi connectivity index (χ0v) is 9.63. The number of carbonyl (C=O) groups is 2. The quantitative estimate of drug-likeness (QED) is 0.752. The van der Waals surface area contributed by atoms with Crippen LogP contribution in [-0.2, 0) is 0 Å². The van der Waals surface area contributed by atoms with Crippen LogP contribution in [0.1, 0.15) is 20.3 Å². The lowest BCUT2D eigenvalue weighted by molar-refractivity contribution is 0.190. The molecule has 4 amide bonds. The minimum Gasteiger partial charge on any atom is -0.351 e. The van der Waals surface area contributed by atoms with Crippen molar-refractivity contribution < 1.29 is 9.59 Å². The van der Waals surface area contributed by atoms with Crippen molar-refractivity contribution in [1.82, 2.24) is 10.2 Å². The van der Waals surface area contributed by atoms with Gasteiger partial charge in [0.05, 0.1) is 4.87 Å². The van der Waals surface area contributed by atoms with E-state index >= 15 is 0 Å². The number of amides is 4. The number of hydrogen-bond acceptors (Lipinski definition) is 3. The van der Waals surface area contributed by atoms with Crippen LogP contribution in [0.3, 0.4) is 0 Å². The Morgan fingerprint density at radius 1 is 1.67 bits per heavy atom. The van der Waals surface area contributed by atoms with Crippen LogP contribution >= 0.6 is 11.8 Å². The van der Waals surface area contributed by atoms with Crippen LogP contribution in [0.4, 0.5) is 9.59 Å². The molecule has 0 fully saturated rings. The van der Waals surface area contributed by atoms with Gasteiger partial charge in [0.25, 0.3) is 0 Å². The number of urea groups is 2. The maximum Gasteiger partial charge on any atom is 0.326 e. The predicted molar refractivity (Wildman–Crippen MR) is 60.2 cm³/mol. The highest BCUT2D eigenvalue weighted by Gasteiger charge is 2.30. The molecule has 3 N–H and O–H groups in total. The van der Waals surface area contributed by atoms with E-state index in [0.29, 0.717) is 0 Å². The molecule has 0 bridgehead atoms. The zero-order chi connectivity index (χ0) is 11.5. The minimum atomic E-state index is -0.727. The van der Waals surface area contributed by atoms with Gasteiger partial charge in [0.1, 0.15) is 0 Å². The maximum absolute atomic E-state index is 11.6. The third kappa shape index (κ3) is 2.89. The van der Waals surface area contributed by atoms with E-state index in [9.17, 15) is 9.59 Å². The third-order valence-electron chi connectivity index (χ3n) is 2.13. The number of nitrogens with two attached hydrogens (primary N) is 1. The van der Waals surface area contributed by atoms with Crippen LogP contribution in [-0.4, -0.2) is 28.4 Å². The van der Waals surface area contributed by atoms with Gasteiger partial charge in [-0.05, 0) is 25.7 Å². The molecule has 0 aliphatic carbocycles. The maximum atomic E-state index is 11.6. The number of thioether (sulfide) groups is 1. The summed E-state index contributed by atoms with van der Waals surface area (Å²) in [4.78, 5) is 23.2. The third-order valence-corrected chi connectivity index (χ3v) is 3.25. The second kappa shape index (κ2) is 4.57. The summed E-state index contributed by atoms with van der Waals surface area (Å²) in [5.41, 5.74) is 5.07. The predicted octanol–water partition coefficient (Wildman–Crippen LogP) is 1.46. The molecular weight excluding hydrogens is 214 g/mol. The molecule has 1 atom stereocenters. The molecule has 0 saturated carbocycles. The number of imide groups is 1. The lowest BCUT2D eigenvalue weighted by atomic mass is 10.2. The summed E-state index contributed by atoms with van der Waals surface area (Å²) in [5, 5.41) is 4.71. The lowest BCUT2D eigenvalue weighted by Crippen LogP contribution is -2.52. The topological polar surface area (TPSA) is 75.4 Å². The Hall–Kier alpha value is -1.17. The Bertz CT molecular complexity index is 296. The van der Waals surface area contributed by atoms with Gasteiger partial charge in [-0.2, -0.15) is 0 Å². The van der Waals surface area contributed by atoms with Gasteiger partial charge < -0.3 is 11.1 Å². The number of nitrogens with one attached hydrogen (secondary N) is 1. The average Bonchev–Trinajstić information content (AvgIpc) is 2.51. The molecule has 1 aliphatic heterocycles. The first-order valence-corrected chi connectivity index (χ1v) is 5.58. The van der Waals surface area contributed by atoms with Crippen LogP contribution in [0.5, 0.6) is 0 Å². The van der Waals surface area contributed by atoms with E-state index < -0.39 is 12.1 Å². The Morgan fingerprint density at radius 2 is 2.33 bits per heavy atom. The van der Waals surface area contributed by atoms with Crippen molar-refractivity contribution in [2.24, 2.45) is 5.73 Å². The molecule has 0 aromatic heterocycles. The van der Waals surface area contributed by atoms with E-state index in [1.54, 1.807) is 6.92 Å². The summed E-state index contributed by atoms with van der Waals surface area (Å²) in [6.45, 7) is 3.88. The first-order chi connectivity index (χ1) is 6.98. The molecule has 1 aliphatic rings. The van der Waals surface area contributed by atoms with Crippen molar-refractivity contribution in [3.63, 3.8) is 0 Å². The van der Waals surface area contributed by atoms with Gasteiger partial charge in [0, 0.05) is 6.54 Å². The summed E-state index contributed by atoms with van der Waals surface area (Å²) >= 11 is 1.52. The van der Waals surface area contributed by atoms with E-state index in [1.165, 1.54) is 11.8 Å². The lowest BCUT2D eigenvalue weighted by Gasteiger charge is -2.27. The van der Waals surface area contributed by atoms with E-state index in [1.807, 2.05) is 18.4 Å². The smallest absolute Gasteiger partial charge is 0.326 e. The molecule has 0 aromatic rings. The monoisotopic (exact) mass is 229 g/mol. The van der Waals surface area contributed by atoms with Gasteiger partial charge in [-0.1, -0.05) is 6.08 Å². The first-order valence-electron chi connectivity index (χ1n) is 4.70. The molecule has 84 valence electrons. The van der Waals surface area contributed by atoms with Crippen molar-refractivity contribution in [1.29, 1.82) is 0 Å². The van der Waals surface area contributed by atoms with Gasteiger partial charge in [-0.15, -0.1) is 11.8 Å². The fourth-order valence-electron chi connectivity index (χ4n) is 1.29. The van der Waals surface area contributed by atoms with Crippen LogP contribution in [0.15, 0.2) is 11.5 Å². The molecule has 1 unspecified atom stereocenters. The second-order valence-corrected chi connectivity index (χ2v) is 4.85. The molecule has 0 saturated heterocycles. The summed E-state index contributed by atoms with van der Waals surface area (Å²) in [6.07, 6.45) is 2.73. The van der Waals surface area contributed by atoms with Gasteiger partial charge >= 0.3 is 12.1 Å². The summed E-state index contributed by atoms with van der Waals surface area (Å²) < 4.78 is 0. The standard InChI is InChI=1S/C9H15N3O2S/c1-3-12(7(10)13)8(14)11-9(2)5-4-6-15-9/h4,6H,3,5H2,1-2H3,(H2,10,13)(H,11,14). The van der Waals surface area contributed by atoms with Crippen LogP contribution in [0.25, 0.3) is 0 Å². The van der Waals surface area contributed by atoms with Crippen molar-refractivity contribution in [3.05, 3.63) is 11.5 Å². The first kappa shape index (κ1) is 11.9. The summed E-state index contributed by atoms with van der Waals surface area (Å²) in [5.74, 6) is 0. The van der Waals surface area contributed by atoms with Crippen molar-refractivity contribution >= 4 is 23.8 Å². The molecule has 15 heavy (non-hydrogen) atoms. The number of nitrogens with zero attached hydrogens (tertiary/aromatic N) is 1. The molecule has 1 heterocycles. The molecule has 0 aromatic carbocycles. The number of hydrogen-bond donors (Lipinski definition) is 2. The molecule has 0 spiro atoms. The van der Waals surface area contributed by atoms with Crippen molar-refractivity contribution in [3.8, 4) is 0 Å². The summed E-state index contributed by atoms with van der Waals surface area (Å²) in [7, 11) is 0. The van der Waals surface area contributed by atoms with E-state index in [-0.39, 0.29) is 11.4 Å². The highest BCUT2D eigenvalue weighted by atomic mass is 32.2. The van der Waals surface area contributed by atoms with Gasteiger partial charge in [0.15, 0.2) is 0 Å². The normalized spacial score (nSPS) is 23.9. The Balaban J connectivity index is 2.57. The zero-order valence-electron chi connectivity index (χ0n) is 8.82. The largest absolute Gasteiger partial charge is 0.351 e. The number of primary amides is 1. The van der Waals surface area contributed by atoms with E-state index in [2.05, 4.69) is 5.32 Å². The number of rotatable bonds is 2. The molecular formula is C9H15N3O2S. The number of carbonyl (C=O) groups excluding carboxylic acids is 2. The fraction of sp³-hybridized carbons (Fsp3) is 0.556. The van der Waals surface area contributed by atoms with Crippen molar-refractivity contribution in [2.75, 3.05) is 6.54 Å². The highest BCUT2D eigenvalue weighted by molar-refractivity contribution is 8.03. The molecule has 1 rings (SSSR count).